The maximum atomic E-state index is 4.91. The number of fused-ring (bicyclic) bond motifs is 5. The van der Waals surface area contributed by atoms with Crippen LogP contribution in [0.15, 0.2) is 298 Å². The van der Waals surface area contributed by atoms with E-state index < -0.39 is 0 Å². The molecule has 0 unspecified atom stereocenters. The third kappa shape index (κ3) is 22.4. The van der Waals surface area contributed by atoms with Crippen molar-refractivity contribution in [1.29, 1.82) is 0 Å². The molecule has 0 spiro atoms. The van der Waals surface area contributed by atoms with Crippen LogP contribution in [0.2, 0.25) is 0 Å². The number of aromatic nitrogens is 11. The average Bonchev–Trinajstić information content (AvgIpc) is 0.927. The number of para-hydroxylation sites is 5. The van der Waals surface area contributed by atoms with E-state index in [1.807, 2.05) is 37.9 Å². The molecule has 11 nitrogen and oxygen atoms in total. The van der Waals surface area contributed by atoms with Gasteiger partial charge in [0, 0.05) is 210 Å². The first-order valence-electron chi connectivity index (χ1n) is 53.0. The Labute approximate surface area is 879 Å². The van der Waals surface area contributed by atoms with Gasteiger partial charge in [-0.1, -0.05) is 204 Å². The Morgan fingerprint density at radius 2 is 0.534 bits per heavy atom. The molecule has 1 saturated carbocycles. The first-order chi connectivity index (χ1) is 70.8. The van der Waals surface area contributed by atoms with Crippen molar-refractivity contribution in [2.45, 2.75) is 210 Å². The number of pyridine rings is 9. The van der Waals surface area contributed by atoms with Crippen LogP contribution in [0.25, 0.3) is 166 Å². The highest BCUT2D eigenvalue weighted by atomic mass is 15.0. The van der Waals surface area contributed by atoms with Crippen LogP contribution in [0.5, 0.6) is 0 Å². The molecule has 10 aromatic heterocycles. The molecule has 148 heavy (non-hydrogen) atoms. The summed E-state index contributed by atoms with van der Waals surface area (Å²) in [6.45, 7) is 50.5. The van der Waals surface area contributed by atoms with E-state index in [4.69, 9.17) is 19.9 Å². The number of hydrogen-bond donors (Lipinski definition) is 0. The molecule has 20 aromatic rings. The highest BCUT2D eigenvalue weighted by Gasteiger charge is 2.30. The van der Waals surface area contributed by atoms with Crippen LogP contribution in [0.4, 0.5) is 0 Å². The van der Waals surface area contributed by atoms with Gasteiger partial charge in [-0.15, -0.1) is 0 Å². The third-order valence-electron chi connectivity index (χ3n) is 30.7. The molecule has 0 atom stereocenters. The van der Waals surface area contributed by atoms with Gasteiger partial charge >= 0.3 is 0 Å². The predicted octanol–water partition coefficient (Wildman–Crippen LogP) is 31.9. The summed E-state index contributed by atoms with van der Waals surface area (Å²) in [7, 11) is 10.8. The minimum absolute atomic E-state index is 0.232. The first kappa shape index (κ1) is 104. The Bertz CT molecular complexity index is 8380. The second-order valence-corrected chi connectivity index (χ2v) is 43.9. The van der Waals surface area contributed by atoms with Gasteiger partial charge in [0.25, 0.3) is 0 Å². The molecule has 10 aromatic carbocycles. The fourth-order valence-electron chi connectivity index (χ4n) is 22.0. The van der Waals surface area contributed by atoms with E-state index >= 15 is 0 Å². The van der Waals surface area contributed by atoms with Crippen molar-refractivity contribution in [3.05, 3.63) is 410 Å². The van der Waals surface area contributed by atoms with Crippen molar-refractivity contribution in [3.63, 3.8) is 0 Å². The molecule has 0 saturated heterocycles. The maximum Gasteiger partial charge on any atom is 0.213 e. The van der Waals surface area contributed by atoms with Crippen molar-refractivity contribution in [2.24, 2.45) is 46.6 Å². The molecule has 21 rings (SSSR count). The van der Waals surface area contributed by atoms with Crippen LogP contribution in [-0.2, 0) is 48.1 Å². The van der Waals surface area contributed by atoms with Gasteiger partial charge in [0.2, 0.25) is 56.1 Å². The number of benzene rings is 10. The monoisotopic (exact) mass is 1950 g/mol. The zero-order chi connectivity index (χ0) is 105. The lowest BCUT2D eigenvalue weighted by molar-refractivity contribution is -0.633. The largest absolute Gasteiger partial charge is 0.261 e. The predicted molar refractivity (Wildman–Crippen MR) is 620 cm³/mol. The zero-order valence-electron chi connectivity index (χ0n) is 92.7. The van der Waals surface area contributed by atoms with Gasteiger partial charge in [0.05, 0.1) is 26.9 Å². The molecule has 746 valence electrons. The molecule has 0 radical (unpaired) electrons. The first-order valence-corrected chi connectivity index (χ1v) is 53.0. The quantitative estimate of drug-likeness (QED) is 0.0949. The molecular weight excluding hydrogens is 1800 g/mol. The van der Waals surface area contributed by atoms with E-state index in [0.717, 1.165) is 58.0 Å². The van der Waals surface area contributed by atoms with Gasteiger partial charge in [-0.2, -0.15) is 22.8 Å². The van der Waals surface area contributed by atoms with Crippen LogP contribution < -0.4 is 22.8 Å². The fourth-order valence-corrected chi connectivity index (χ4v) is 22.0. The van der Waals surface area contributed by atoms with Crippen LogP contribution in [0, 0.1) is 122 Å². The van der Waals surface area contributed by atoms with E-state index in [-0.39, 0.29) is 5.41 Å². The lowest BCUT2D eigenvalue weighted by Gasteiger charge is -2.17. The van der Waals surface area contributed by atoms with Crippen molar-refractivity contribution in [3.8, 4) is 112 Å². The summed E-state index contributed by atoms with van der Waals surface area (Å²) in [6, 6.07) is 95.4. The van der Waals surface area contributed by atoms with Crippen molar-refractivity contribution in [2.75, 3.05) is 0 Å². The summed E-state index contributed by atoms with van der Waals surface area (Å²) < 4.78 is 11.6. The van der Waals surface area contributed by atoms with E-state index in [1.165, 1.54) is 259 Å². The molecule has 1 aliphatic rings. The minimum Gasteiger partial charge on any atom is -0.261 e. The Kier molecular flexibility index (Phi) is 31.2. The van der Waals surface area contributed by atoms with Crippen LogP contribution >= 0.6 is 0 Å². The molecule has 0 aliphatic heterocycles. The minimum atomic E-state index is 0.232. The normalized spacial score (nSPS) is 12.1. The summed E-state index contributed by atoms with van der Waals surface area (Å²) in [5, 5.41) is 6.23. The third-order valence-corrected chi connectivity index (χ3v) is 30.7. The molecule has 1 fully saturated rings. The Morgan fingerprint density at radius 1 is 0.270 bits per heavy atom. The van der Waals surface area contributed by atoms with E-state index in [9.17, 15) is 0 Å². The Morgan fingerprint density at radius 3 is 0.791 bits per heavy atom. The molecule has 0 amide bonds. The van der Waals surface area contributed by atoms with Gasteiger partial charge in [0.1, 0.15) is 41.1 Å². The summed E-state index contributed by atoms with van der Waals surface area (Å²) in [4.78, 5) is 28.0. The van der Waals surface area contributed by atoms with Gasteiger partial charge in [0.15, 0.2) is 0 Å². The van der Waals surface area contributed by atoms with Crippen molar-refractivity contribution < 1.29 is 22.8 Å². The molecule has 10 heterocycles. The Hall–Kier alpha value is -15.1. The number of aryl methyl sites for hydroxylation is 16. The van der Waals surface area contributed by atoms with Crippen molar-refractivity contribution >= 4 is 54.5 Å². The van der Waals surface area contributed by atoms with E-state index in [2.05, 4.69) is 487 Å². The van der Waals surface area contributed by atoms with Gasteiger partial charge in [-0.25, -0.2) is 9.97 Å². The molecule has 1 aliphatic carbocycles. The second-order valence-electron chi connectivity index (χ2n) is 43.9. The number of hydrogen-bond acceptors (Lipinski definition) is 6. The van der Waals surface area contributed by atoms with Gasteiger partial charge in [-0.05, 0) is 294 Å². The average molecular weight is 1950 g/mol. The maximum absolute atomic E-state index is 4.91. The topological polar surface area (TPSA) is 96.7 Å². The molecule has 11 heteroatoms. The lowest BCUT2D eigenvalue weighted by atomic mass is 9.90. The molecule has 0 bridgehead atoms. The smallest absolute Gasteiger partial charge is 0.213 e. The highest BCUT2D eigenvalue weighted by molar-refractivity contribution is 5.99. The lowest BCUT2D eigenvalue weighted by Crippen LogP contribution is -2.32. The van der Waals surface area contributed by atoms with Gasteiger partial charge < -0.3 is 0 Å². The number of rotatable bonds is 15. The van der Waals surface area contributed by atoms with Crippen LogP contribution in [-0.4, -0.2) is 29.9 Å². The SMILES string of the molecule is Cc1cc(C)c(C)c(-c2cc(-c3ccc(C(C)C)nc3)c3ccccc3[n+]2C)c1.Cc1cc(C)c(C)c(-c2cc(-c3ccc(C4CCCC4)nc3)c3ccccc3[n+]2C)c1.Cc1cc(C)c(C)c(-c2cc(-c3ccc(CC(C)(C)C)nc3)c3ccccc3[n+]2C)c1.Cc1cc(C)c(C)c(-c2cc(-c3ccc(CC(C)C)nc3)c3ccccc3[n+]2C)c1.Cc1cc(C)c(C)c(-c2cc(-c3cnc(C)nc3)c3ccccc3[n+]2C)c1. The molecule has 0 N–H and O–H groups in total. The van der Waals surface area contributed by atoms with Crippen LogP contribution in [0.3, 0.4) is 0 Å². The number of nitrogens with zero attached hydrogens (tertiary/aromatic N) is 11. The molecular formula is C137H148N11+5. The van der Waals surface area contributed by atoms with E-state index in [1.54, 1.807) is 0 Å². The standard InChI is InChI=1S/C29H31N2.C29H33N2.C28H31N2.C27H29N2.C24H24N3/c1-19-15-20(2)21(3)25(16-19)29-17-26(24-11-7-8-12-28(24)31(29)4)23-13-14-27(30-18-23)22-9-5-6-10-22;1-19-14-20(2)21(3)25(15-19)28-16-26(24-10-8-9-11-27(24)31(28)7)22-12-13-23(30-18-22)17-29(4,5)6;1-18(2)13-23-12-11-22(17-29-23)26-16-28(25-15-19(3)14-20(4)21(25)5)30(6)27-10-8-7-9-24(26)27;1-17(2)25-12-11-21(16-28-25)24-15-27(23-14-18(3)13-19(4)20(23)5)29(6)26-10-8-7-9-22(24)26;1-15-10-16(2)17(3)21(11-15)24-12-22(19-13-25-18(4)26-14-19)20-8-6-7-9-23(20)27(24)5/h7-8,11-18,22H,5-6,9-10H2,1-4H3;8-16,18H,17H2,1-7H3;7-12,14-18H,13H2,1-6H3;7-17H,1-6H3;6-14H,1-5H3/q5*+1. The summed E-state index contributed by atoms with van der Waals surface area (Å²) in [5.41, 5.74) is 55.3. The Balaban J connectivity index is 0.000000126. The van der Waals surface area contributed by atoms with Crippen molar-refractivity contribution in [1.82, 2.24) is 29.9 Å². The zero-order valence-corrected chi connectivity index (χ0v) is 92.7. The summed E-state index contributed by atoms with van der Waals surface area (Å²) in [5.74, 6) is 2.48. The van der Waals surface area contributed by atoms with Gasteiger partial charge in [-0.3, -0.25) is 19.9 Å². The van der Waals surface area contributed by atoms with E-state index in [0.29, 0.717) is 17.8 Å². The van der Waals surface area contributed by atoms with Crippen LogP contribution in [0.1, 0.15) is 198 Å². The fraction of sp³-hybridized carbons (Fsp3) is 0.277. The highest BCUT2D eigenvalue weighted by Crippen LogP contribution is 2.43. The summed E-state index contributed by atoms with van der Waals surface area (Å²) in [6.07, 6.45) is 19.3. The summed E-state index contributed by atoms with van der Waals surface area (Å²) >= 11 is 0. The second kappa shape index (κ2) is 44.3.